The van der Waals surface area contributed by atoms with Crippen LogP contribution in [0.1, 0.15) is 36.5 Å². The van der Waals surface area contributed by atoms with Crippen LogP contribution in [-0.2, 0) is 15.1 Å². The molecule has 1 unspecified atom stereocenters. The normalized spacial score (nSPS) is 14.3. The standard InChI is InChI=1S/C14H18N2O3/c1-5-14(2,19-4)13-15-10-8-6-7-9(11(10)16-13)12(17)18-3/h6-8H,5H2,1-4H3,(H,15,16). The number of benzene rings is 1. The van der Waals surface area contributed by atoms with Gasteiger partial charge in [0.2, 0.25) is 0 Å². The SMILES string of the molecule is CCC(C)(OC)c1nc2c(C(=O)OC)cccc2[nH]1. The molecule has 0 fully saturated rings. The Balaban J connectivity index is 2.61. The van der Waals surface area contributed by atoms with Crippen LogP contribution in [0, 0.1) is 0 Å². The minimum Gasteiger partial charge on any atom is -0.465 e. The average Bonchev–Trinajstić information content (AvgIpc) is 2.89. The Morgan fingerprint density at radius 2 is 2.16 bits per heavy atom. The number of H-pyrrole nitrogens is 1. The van der Waals surface area contributed by atoms with E-state index in [2.05, 4.69) is 9.97 Å². The molecule has 1 atom stereocenters. The molecule has 2 rings (SSSR count). The molecule has 0 saturated carbocycles. The number of carbonyl (C=O) groups excluding carboxylic acids is 1. The van der Waals surface area contributed by atoms with Gasteiger partial charge in [0.1, 0.15) is 16.9 Å². The molecule has 0 saturated heterocycles. The molecule has 2 aromatic rings. The number of nitrogens with one attached hydrogen (secondary N) is 1. The summed E-state index contributed by atoms with van der Waals surface area (Å²) in [4.78, 5) is 19.4. The number of hydrogen-bond donors (Lipinski definition) is 1. The number of rotatable bonds is 4. The Bertz CT molecular complexity index is 600. The molecule has 19 heavy (non-hydrogen) atoms. The summed E-state index contributed by atoms with van der Waals surface area (Å²) in [6.45, 7) is 3.99. The van der Waals surface area contributed by atoms with Gasteiger partial charge in [-0.05, 0) is 25.5 Å². The lowest BCUT2D eigenvalue weighted by Gasteiger charge is -2.23. The van der Waals surface area contributed by atoms with Crippen LogP contribution < -0.4 is 0 Å². The predicted molar refractivity (Wildman–Crippen MR) is 72.1 cm³/mol. The second-order valence-electron chi connectivity index (χ2n) is 4.57. The van der Waals surface area contributed by atoms with Gasteiger partial charge in [0.15, 0.2) is 0 Å². The smallest absolute Gasteiger partial charge is 0.340 e. The molecule has 5 heteroatoms. The van der Waals surface area contributed by atoms with E-state index in [1.165, 1.54) is 7.11 Å². The van der Waals surface area contributed by atoms with Gasteiger partial charge in [0, 0.05) is 7.11 Å². The zero-order valence-electron chi connectivity index (χ0n) is 11.6. The van der Waals surface area contributed by atoms with Gasteiger partial charge >= 0.3 is 5.97 Å². The fourth-order valence-electron chi connectivity index (χ4n) is 1.97. The van der Waals surface area contributed by atoms with Crippen molar-refractivity contribution >= 4 is 17.0 Å². The highest BCUT2D eigenvalue weighted by atomic mass is 16.5. The number of hydrogen-bond acceptors (Lipinski definition) is 4. The summed E-state index contributed by atoms with van der Waals surface area (Å²) in [7, 11) is 3.01. The second kappa shape index (κ2) is 5.01. The first-order valence-electron chi connectivity index (χ1n) is 6.18. The topological polar surface area (TPSA) is 64.2 Å². The van der Waals surface area contributed by atoms with E-state index < -0.39 is 5.60 Å². The molecular weight excluding hydrogens is 244 g/mol. The summed E-state index contributed by atoms with van der Waals surface area (Å²) >= 11 is 0. The number of ether oxygens (including phenoxy) is 2. The van der Waals surface area contributed by atoms with Gasteiger partial charge in [-0.2, -0.15) is 0 Å². The van der Waals surface area contributed by atoms with Crippen LogP contribution in [0.5, 0.6) is 0 Å². The van der Waals surface area contributed by atoms with Crippen LogP contribution in [0.2, 0.25) is 0 Å². The first-order valence-corrected chi connectivity index (χ1v) is 6.18. The Morgan fingerprint density at radius 3 is 2.74 bits per heavy atom. The summed E-state index contributed by atoms with van der Waals surface area (Å²) in [5.41, 5.74) is 1.37. The first kappa shape index (κ1) is 13.5. The first-order chi connectivity index (χ1) is 9.05. The van der Waals surface area contributed by atoms with E-state index in [1.54, 1.807) is 19.2 Å². The summed E-state index contributed by atoms with van der Waals surface area (Å²) < 4.78 is 10.3. The number of nitrogens with zero attached hydrogens (tertiary/aromatic N) is 1. The van der Waals surface area contributed by atoms with Crippen molar-refractivity contribution in [3.63, 3.8) is 0 Å². The van der Waals surface area contributed by atoms with Crippen molar-refractivity contribution in [2.45, 2.75) is 25.9 Å². The summed E-state index contributed by atoms with van der Waals surface area (Å²) in [6, 6.07) is 5.38. The predicted octanol–water partition coefficient (Wildman–Crippen LogP) is 2.62. The van der Waals surface area contributed by atoms with E-state index in [4.69, 9.17) is 9.47 Å². The molecule has 1 aromatic carbocycles. The highest BCUT2D eigenvalue weighted by Gasteiger charge is 2.28. The molecular formula is C14H18N2O3. The van der Waals surface area contributed by atoms with Gasteiger partial charge in [-0.15, -0.1) is 0 Å². The van der Waals surface area contributed by atoms with E-state index in [-0.39, 0.29) is 5.97 Å². The highest BCUT2D eigenvalue weighted by Crippen LogP contribution is 2.28. The molecule has 102 valence electrons. The van der Waals surface area contributed by atoms with Crippen LogP contribution in [0.25, 0.3) is 11.0 Å². The molecule has 0 amide bonds. The maximum Gasteiger partial charge on any atom is 0.340 e. The maximum atomic E-state index is 11.7. The Labute approximate surface area is 111 Å². The van der Waals surface area contributed by atoms with Gasteiger partial charge in [0.05, 0.1) is 18.2 Å². The van der Waals surface area contributed by atoms with E-state index in [9.17, 15) is 4.79 Å². The zero-order valence-corrected chi connectivity index (χ0v) is 11.6. The van der Waals surface area contributed by atoms with Crippen molar-refractivity contribution < 1.29 is 14.3 Å². The third-order valence-corrected chi connectivity index (χ3v) is 3.54. The lowest BCUT2D eigenvalue weighted by Crippen LogP contribution is -2.24. The summed E-state index contributed by atoms with van der Waals surface area (Å²) in [5.74, 6) is 0.322. The molecule has 0 bridgehead atoms. The van der Waals surface area contributed by atoms with Crippen molar-refractivity contribution in [3.8, 4) is 0 Å². The third kappa shape index (κ3) is 2.21. The van der Waals surface area contributed by atoms with Crippen molar-refractivity contribution in [1.82, 2.24) is 9.97 Å². The van der Waals surface area contributed by atoms with Crippen LogP contribution in [0.4, 0.5) is 0 Å². The van der Waals surface area contributed by atoms with Gasteiger partial charge in [-0.25, -0.2) is 9.78 Å². The lowest BCUT2D eigenvalue weighted by molar-refractivity contribution is -0.00804. The number of aromatic amines is 1. The van der Waals surface area contributed by atoms with Gasteiger partial charge < -0.3 is 14.5 Å². The molecule has 0 radical (unpaired) electrons. The minimum absolute atomic E-state index is 0.390. The second-order valence-corrected chi connectivity index (χ2v) is 4.57. The van der Waals surface area contributed by atoms with E-state index in [0.29, 0.717) is 16.9 Å². The van der Waals surface area contributed by atoms with Crippen molar-refractivity contribution in [1.29, 1.82) is 0 Å². The Morgan fingerprint density at radius 1 is 1.42 bits per heavy atom. The largest absolute Gasteiger partial charge is 0.465 e. The van der Waals surface area contributed by atoms with Crippen LogP contribution in [0.15, 0.2) is 18.2 Å². The fraction of sp³-hybridized carbons (Fsp3) is 0.429. The van der Waals surface area contributed by atoms with E-state index in [1.807, 2.05) is 19.9 Å². The highest BCUT2D eigenvalue weighted by molar-refractivity contribution is 6.01. The molecule has 0 aliphatic rings. The van der Waals surface area contributed by atoms with E-state index in [0.717, 1.165) is 11.9 Å². The van der Waals surface area contributed by atoms with Crippen LogP contribution in [-0.4, -0.2) is 30.2 Å². The number of esters is 1. The lowest BCUT2D eigenvalue weighted by atomic mass is 10.0. The number of methoxy groups -OCH3 is 2. The number of aromatic nitrogens is 2. The van der Waals surface area contributed by atoms with Gasteiger partial charge in [-0.3, -0.25) is 0 Å². The van der Waals surface area contributed by atoms with Crippen molar-refractivity contribution in [2.24, 2.45) is 0 Å². The number of imidazole rings is 1. The Kier molecular flexibility index (Phi) is 3.57. The zero-order chi connectivity index (χ0) is 14.0. The molecule has 0 aliphatic carbocycles. The number of carbonyl (C=O) groups is 1. The number of fused-ring (bicyclic) bond motifs is 1. The van der Waals surface area contributed by atoms with E-state index >= 15 is 0 Å². The van der Waals surface area contributed by atoms with Crippen molar-refractivity contribution in [2.75, 3.05) is 14.2 Å². The molecule has 1 aromatic heterocycles. The van der Waals surface area contributed by atoms with Gasteiger partial charge in [-0.1, -0.05) is 13.0 Å². The third-order valence-electron chi connectivity index (χ3n) is 3.54. The van der Waals surface area contributed by atoms with Gasteiger partial charge in [0.25, 0.3) is 0 Å². The maximum absolute atomic E-state index is 11.7. The molecule has 1 N–H and O–H groups in total. The Hall–Kier alpha value is -1.88. The minimum atomic E-state index is -0.494. The molecule has 5 nitrogen and oxygen atoms in total. The monoisotopic (exact) mass is 262 g/mol. The number of para-hydroxylation sites is 1. The summed E-state index contributed by atoms with van der Waals surface area (Å²) in [5, 5.41) is 0. The van der Waals surface area contributed by atoms with Crippen molar-refractivity contribution in [3.05, 3.63) is 29.6 Å². The fourth-order valence-corrected chi connectivity index (χ4v) is 1.97. The average molecular weight is 262 g/mol. The molecule has 1 heterocycles. The summed E-state index contributed by atoms with van der Waals surface area (Å²) in [6.07, 6.45) is 0.775. The van der Waals surface area contributed by atoms with Crippen LogP contribution >= 0.6 is 0 Å². The molecule has 0 aliphatic heterocycles. The molecule has 0 spiro atoms. The quantitative estimate of drug-likeness (QED) is 0.860. The van der Waals surface area contributed by atoms with Crippen LogP contribution in [0.3, 0.4) is 0 Å².